The molecule has 33 heavy (non-hydrogen) atoms. The number of anilines is 1. The SMILES string of the molecule is Cc1nc(C)c(C(=O)NC2CCN3C(=O)c4cc(-c5ccc(Cl)cc5)ccc4NC(=O)C23)s1. The molecule has 0 spiro atoms. The molecule has 1 aromatic heterocycles. The van der Waals surface area contributed by atoms with Gasteiger partial charge in [-0.25, -0.2) is 4.98 Å². The molecule has 9 heteroatoms. The number of nitrogens with one attached hydrogen (secondary N) is 2. The van der Waals surface area contributed by atoms with Crippen molar-refractivity contribution in [3.8, 4) is 11.1 Å². The van der Waals surface area contributed by atoms with E-state index in [0.29, 0.717) is 39.8 Å². The van der Waals surface area contributed by atoms with Crippen molar-refractivity contribution in [2.75, 3.05) is 11.9 Å². The molecular weight excluding hydrogens is 460 g/mol. The first-order valence-corrected chi connectivity index (χ1v) is 11.8. The van der Waals surface area contributed by atoms with Gasteiger partial charge in [0.15, 0.2) is 0 Å². The molecule has 2 aliphatic rings. The van der Waals surface area contributed by atoms with Crippen molar-refractivity contribution in [2.24, 2.45) is 0 Å². The predicted octanol–water partition coefficient (Wildman–Crippen LogP) is 4.05. The number of nitrogens with zero attached hydrogens (tertiary/aromatic N) is 2. The number of benzene rings is 2. The largest absolute Gasteiger partial charge is 0.346 e. The molecule has 2 atom stereocenters. The van der Waals surface area contributed by atoms with Gasteiger partial charge in [-0.15, -0.1) is 11.3 Å². The number of aryl methyl sites for hydroxylation is 2. The van der Waals surface area contributed by atoms with E-state index in [-0.39, 0.29) is 17.7 Å². The summed E-state index contributed by atoms with van der Waals surface area (Å²) in [6, 6.07) is 11.5. The highest BCUT2D eigenvalue weighted by Gasteiger charge is 2.45. The quantitative estimate of drug-likeness (QED) is 0.591. The van der Waals surface area contributed by atoms with Crippen LogP contribution in [0.15, 0.2) is 42.5 Å². The summed E-state index contributed by atoms with van der Waals surface area (Å²) in [6.07, 6.45) is 0.499. The minimum atomic E-state index is -0.776. The van der Waals surface area contributed by atoms with E-state index in [0.717, 1.165) is 16.1 Å². The molecule has 2 aromatic carbocycles. The van der Waals surface area contributed by atoms with Crippen molar-refractivity contribution in [1.82, 2.24) is 15.2 Å². The van der Waals surface area contributed by atoms with Crippen molar-refractivity contribution in [3.63, 3.8) is 0 Å². The molecule has 2 unspecified atom stereocenters. The number of thiazole rings is 1. The maximum absolute atomic E-state index is 13.5. The van der Waals surface area contributed by atoms with E-state index in [1.54, 1.807) is 36.1 Å². The van der Waals surface area contributed by atoms with Gasteiger partial charge in [-0.3, -0.25) is 14.4 Å². The minimum absolute atomic E-state index is 0.231. The van der Waals surface area contributed by atoms with Crippen LogP contribution in [-0.4, -0.2) is 46.2 Å². The Labute approximate surface area is 199 Å². The van der Waals surface area contributed by atoms with Gasteiger partial charge in [0.05, 0.1) is 28.0 Å². The number of halogens is 1. The number of fused-ring (bicyclic) bond motifs is 2. The second-order valence-corrected chi connectivity index (χ2v) is 9.86. The van der Waals surface area contributed by atoms with Crippen molar-refractivity contribution in [1.29, 1.82) is 0 Å². The van der Waals surface area contributed by atoms with Crippen LogP contribution in [0.25, 0.3) is 11.1 Å². The Morgan fingerprint density at radius 3 is 2.58 bits per heavy atom. The zero-order chi connectivity index (χ0) is 23.3. The molecule has 0 aliphatic carbocycles. The zero-order valence-electron chi connectivity index (χ0n) is 18.0. The monoisotopic (exact) mass is 480 g/mol. The Morgan fingerprint density at radius 2 is 1.88 bits per heavy atom. The molecule has 168 valence electrons. The van der Waals surface area contributed by atoms with Crippen molar-refractivity contribution < 1.29 is 14.4 Å². The van der Waals surface area contributed by atoms with Gasteiger partial charge in [-0.05, 0) is 55.7 Å². The second kappa shape index (κ2) is 8.28. The summed E-state index contributed by atoms with van der Waals surface area (Å²) in [4.78, 5) is 45.8. The highest BCUT2D eigenvalue weighted by Crippen LogP contribution is 2.33. The highest BCUT2D eigenvalue weighted by molar-refractivity contribution is 7.13. The standard InChI is InChI=1S/C24H21ClN4O3S/c1-12-21(33-13(2)26-12)23(31)28-19-9-10-29-20(19)22(30)27-18-8-5-15(11-17(18)24(29)32)14-3-6-16(25)7-4-14/h3-8,11,19-20H,9-10H2,1-2H3,(H,27,30)(H,28,31). The fourth-order valence-electron chi connectivity index (χ4n) is 4.48. The number of hydrogen-bond donors (Lipinski definition) is 2. The lowest BCUT2D eigenvalue weighted by Crippen LogP contribution is -2.51. The highest BCUT2D eigenvalue weighted by atomic mass is 35.5. The first-order chi connectivity index (χ1) is 15.8. The summed E-state index contributed by atoms with van der Waals surface area (Å²) in [5.41, 5.74) is 3.33. The Bertz CT molecular complexity index is 1290. The normalized spacial score (nSPS) is 19.5. The van der Waals surface area contributed by atoms with Crippen LogP contribution in [0.5, 0.6) is 0 Å². The number of hydrogen-bond acceptors (Lipinski definition) is 5. The molecule has 5 rings (SSSR count). The number of carbonyl (C=O) groups excluding carboxylic acids is 3. The smallest absolute Gasteiger partial charge is 0.263 e. The first kappa shape index (κ1) is 21.6. The lowest BCUT2D eigenvalue weighted by molar-refractivity contribution is -0.120. The molecule has 1 fully saturated rings. The van der Waals surface area contributed by atoms with Gasteiger partial charge in [0, 0.05) is 11.6 Å². The maximum Gasteiger partial charge on any atom is 0.263 e. The van der Waals surface area contributed by atoms with E-state index >= 15 is 0 Å². The predicted molar refractivity (Wildman–Crippen MR) is 128 cm³/mol. The Balaban J connectivity index is 1.42. The number of aromatic nitrogens is 1. The minimum Gasteiger partial charge on any atom is -0.346 e. The summed E-state index contributed by atoms with van der Waals surface area (Å²) >= 11 is 7.31. The molecule has 0 saturated carbocycles. The maximum atomic E-state index is 13.5. The van der Waals surface area contributed by atoms with E-state index in [1.165, 1.54) is 11.3 Å². The lowest BCUT2D eigenvalue weighted by atomic mass is 10.0. The molecule has 2 aliphatic heterocycles. The van der Waals surface area contributed by atoms with Crippen LogP contribution in [0.2, 0.25) is 5.02 Å². The van der Waals surface area contributed by atoms with Crippen LogP contribution in [0.1, 0.15) is 37.2 Å². The third-order valence-corrected chi connectivity index (χ3v) is 7.36. The average Bonchev–Trinajstić information content (AvgIpc) is 3.33. The molecule has 1 saturated heterocycles. The van der Waals surface area contributed by atoms with Crippen LogP contribution in [-0.2, 0) is 4.79 Å². The summed E-state index contributed by atoms with van der Waals surface area (Å²) < 4.78 is 0. The summed E-state index contributed by atoms with van der Waals surface area (Å²) in [5.74, 6) is -0.802. The van der Waals surface area contributed by atoms with E-state index in [1.807, 2.05) is 25.1 Å². The van der Waals surface area contributed by atoms with Gasteiger partial charge in [-0.2, -0.15) is 0 Å². The van der Waals surface area contributed by atoms with Crippen molar-refractivity contribution in [3.05, 3.63) is 68.6 Å². The van der Waals surface area contributed by atoms with Crippen LogP contribution < -0.4 is 10.6 Å². The molecule has 2 N–H and O–H groups in total. The molecule has 3 heterocycles. The molecule has 7 nitrogen and oxygen atoms in total. The molecule has 0 radical (unpaired) electrons. The van der Waals surface area contributed by atoms with Gasteiger partial charge >= 0.3 is 0 Å². The fraction of sp³-hybridized carbons (Fsp3) is 0.250. The molecular formula is C24H21ClN4O3S. The van der Waals surface area contributed by atoms with E-state index in [2.05, 4.69) is 15.6 Å². The lowest BCUT2D eigenvalue weighted by Gasteiger charge is -2.24. The number of rotatable bonds is 3. The average molecular weight is 481 g/mol. The van der Waals surface area contributed by atoms with E-state index < -0.39 is 12.1 Å². The van der Waals surface area contributed by atoms with Gasteiger partial charge < -0.3 is 15.5 Å². The molecule has 3 amide bonds. The summed E-state index contributed by atoms with van der Waals surface area (Å²) in [6.45, 7) is 4.02. The van der Waals surface area contributed by atoms with Gasteiger partial charge in [0.25, 0.3) is 11.8 Å². The van der Waals surface area contributed by atoms with Gasteiger partial charge in [0.1, 0.15) is 10.9 Å². The third kappa shape index (κ3) is 3.89. The Hall–Kier alpha value is -3.23. The van der Waals surface area contributed by atoms with Crippen LogP contribution in [0, 0.1) is 13.8 Å². The summed E-state index contributed by atoms with van der Waals surface area (Å²) in [7, 11) is 0. The van der Waals surface area contributed by atoms with Crippen LogP contribution in [0.4, 0.5) is 5.69 Å². The van der Waals surface area contributed by atoms with Crippen molar-refractivity contribution in [2.45, 2.75) is 32.4 Å². The summed E-state index contributed by atoms with van der Waals surface area (Å²) in [5, 5.41) is 7.29. The number of carbonyl (C=O) groups is 3. The molecule has 0 bridgehead atoms. The van der Waals surface area contributed by atoms with E-state index in [9.17, 15) is 14.4 Å². The third-order valence-electron chi connectivity index (χ3n) is 6.04. The number of amides is 3. The Kier molecular flexibility index (Phi) is 5.42. The van der Waals surface area contributed by atoms with Gasteiger partial charge in [0.2, 0.25) is 5.91 Å². The van der Waals surface area contributed by atoms with Gasteiger partial charge in [-0.1, -0.05) is 29.8 Å². The van der Waals surface area contributed by atoms with Crippen LogP contribution in [0.3, 0.4) is 0 Å². The molecule has 3 aromatic rings. The second-order valence-electron chi connectivity index (χ2n) is 8.22. The van der Waals surface area contributed by atoms with Crippen LogP contribution >= 0.6 is 22.9 Å². The Morgan fingerprint density at radius 1 is 1.15 bits per heavy atom. The fourth-order valence-corrected chi connectivity index (χ4v) is 5.43. The zero-order valence-corrected chi connectivity index (χ0v) is 19.6. The van der Waals surface area contributed by atoms with Crippen molar-refractivity contribution >= 4 is 46.3 Å². The first-order valence-electron chi connectivity index (χ1n) is 10.6. The van der Waals surface area contributed by atoms with E-state index in [4.69, 9.17) is 11.6 Å². The topological polar surface area (TPSA) is 91.4 Å².